The maximum absolute atomic E-state index is 11.9. The molecule has 1 aromatic rings. The molecule has 1 aromatic heterocycles. The van der Waals surface area contributed by atoms with E-state index in [1.165, 1.54) is 25.7 Å². The van der Waals surface area contributed by atoms with Gasteiger partial charge in [-0.25, -0.2) is 9.97 Å². The molecule has 0 unspecified atom stereocenters. The Bertz CT molecular complexity index is 438. The van der Waals surface area contributed by atoms with Gasteiger partial charge in [-0.05, 0) is 31.7 Å². The molecule has 18 heavy (non-hydrogen) atoms. The molecule has 5 heteroatoms. The molecule has 0 radical (unpaired) electrons. The highest BCUT2D eigenvalue weighted by Gasteiger charge is 2.24. The SMILES string of the molecule is O=C(NC1CC1)c1ccnc(NC2CCCC2)n1. The quantitative estimate of drug-likeness (QED) is 0.849. The van der Waals surface area contributed by atoms with Crippen LogP contribution in [0.1, 0.15) is 49.0 Å². The van der Waals surface area contributed by atoms with Gasteiger partial charge in [0.25, 0.3) is 5.91 Å². The summed E-state index contributed by atoms with van der Waals surface area (Å²) in [6.45, 7) is 0. The lowest BCUT2D eigenvalue weighted by Crippen LogP contribution is -2.27. The van der Waals surface area contributed by atoms with Gasteiger partial charge in [0.2, 0.25) is 5.95 Å². The summed E-state index contributed by atoms with van der Waals surface area (Å²) in [4.78, 5) is 20.3. The maximum atomic E-state index is 11.9. The zero-order valence-corrected chi connectivity index (χ0v) is 10.4. The van der Waals surface area contributed by atoms with Crippen molar-refractivity contribution in [3.8, 4) is 0 Å². The Balaban J connectivity index is 1.65. The number of anilines is 1. The van der Waals surface area contributed by atoms with Crippen LogP contribution < -0.4 is 10.6 Å². The van der Waals surface area contributed by atoms with Gasteiger partial charge in [0.1, 0.15) is 5.69 Å². The summed E-state index contributed by atoms with van der Waals surface area (Å²) in [7, 11) is 0. The second-order valence-corrected chi connectivity index (χ2v) is 5.14. The minimum Gasteiger partial charge on any atom is -0.351 e. The van der Waals surface area contributed by atoms with Crippen molar-refractivity contribution in [3.63, 3.8) is 0 Å². The van der Waals surface area contributed by atoms with E-state index >= 15 is 0 Å². The van der Waals surface area contributed by atoms with E-state index in [0.29, 0.717) is 23.7 Å². The van der Waals surface area contributed by atoms with Crippen LogP contribution in [-0.2, 0) is 0 Å². The number of nitrogens with one attached hydrogen (secondary N) is 2. The van der Waals surface area contributed by atoms with Gasteiger partial charge >= 0.3 is 0 Å². The van der Waals surface area contributed by atoms with Crippen molar-refractivity contribution in [1.82, 2.24) is 15.3 Å². The molecule has 1 heterocycles. The fourth-order valence-corrected chi connectivity index (χ4v) is 2.29. The van der Waals surface area contributed by atoms with Crippen molar-refractivity contribution in [2.75, 3.05) is 5.32 Å². The van der Waals surface area contributed by atoms with Crippen molar-refractivity contribution in [2.24, 2.45) is 0 Å². The highest BCUT2D eigenvalue weighted by Crippen LogP contribution is 2.21. The molecule has 2 aliphatic carbocycles. The Hall–Kier alpha value is -1.65. The van der Waals surface area contributed by atoms with E-state index in [0.717, 1.165) is 12.8 Å². The van der Waals surface area contributed by atoms with Gasteiger partial charge in [0.05, 0.1) is 0 Å². The first-order valence-electron chi connectivity index (χ1n) is 6.72. The van der Waals surface area contributed by atoms with Crippen LogP contribution in [0.4, 0.5) is 5.95 Å². The molecule has 0 saturated heterocycles. The summed E-state index contributed by atoms with van der Waals surface area (Å²) in [5, 5.41) is 6.24. The molecule has 3 rings (SSSR count). The van der Waals surface area contributed by atoms with Gasteiger partial charge in [-0.1, -0.05) is 12.8 Å². The van der Waals surface area contributed by atoms with E-state index in [1.54, 1.807) is 12.3 Å². The molecule has 1 amide bonds. The molecule has 2 fully saturated rings. The predicted molar refractivity (Wildman–Crippen MR) is 68.4 cm³/mol. The lowest BCUT2D eigenvalue weighted by atomic mass is 10.2. The smallest absolute Gasteiger partial charge is 0.270 e. The molecular weight excluding hydrogens is 228 g/mol. The van der Waals surface area contributed by atoms with Crippen molar-refractivity contribution in [1.29, 1.82) is 0 Å². The standard InChI is InChI=1S/C13H18N4O/c18-12(15-10-5-6-10)11-7-8-14-13(17-11)16-9-3-1-2-4-9/h7-10H,1-6H2,(H,15,18)(H,14,16,17). The van der Waals surface area contributed by atoms with E-state index in [1.807, 2.05) is 0 Å². The molecular formula is C13H18N4O. The fraction of sp³-hybridized carbons (Fsp3) is 0.615. The normalized spacial score (nSPS) is 19.8. The van der Waals surface area contributed by atoms with Gasteiger partial charge in [-0.3, -0.25) is 4.79 Å². The summed E-state index contributed by atoms with van der Waals surface area (Å²) >= 11 is 0. The topological polar surface area (TPSA) is 66.9 Å². The number of aromatic nitrogens is 2. The Kier molecular flexibility index (Phi) is 3.13. The third-order valence-electron chi connectivity index (χ3n) is 3.49. The summed E-state index contributed by atoms with van der Waals surface area (Å²) in [5.74, 6) is 0.486. The Morgan fingerprint density at radius 3 is 2.67 bits per heavy atom. The first-order valence-corrected chi connectivity index (χ1v) is 6.72. The van der Waals surface area contributed by atoms with E-state index < -0.39 is 0 Å². The molecule has 2 saturated carbocycles. The van der Waals surface area contributed by atoms with Crippen LogP contribution in [0, 0.1) is 0 Å². The molecule has 5 nitrogen and oxygen atoms in total. The van der Waals surface area contributed by atoms with Gasteiger partial charge in [0, 0.05) is 18.3 Å². The molecule has 0 atom stereocenters. The lowest BCUT2D eigenvalue weighted by molar-refractivity contribution is 0.0946. The fourth-order valence-electron chi connectivity index (χ4n) is 2.29. The molecule has 0 aromatic carbocycles. The van der Waals surface area contributed by atoms with E-state index in [9.17, 15) is 4.79 Å². The number of nitrogens with zero attached hydrogens (tertiary/aromatic N) is 2. The lowest BCUT2D eigenvalue weighted by Gasteiger charge is -2.12. The third-order valence-corrected chi connectivity index (χ3v) is 3.49. The van der Waals surface area contributed by atoms with E-state index in [2.05, 4.69) is 20.6 Å². The third kappa shape index (κ3) is 2.78. The van der Waals surface area contributed by atoms with Gasteiger partial charge in [-0.15, -0.1) is 0 Å². The number of hydrogen-bond acceptors (Lipinski definition) is 4. The van der Waals surface area contributed by atoms with Crippen LogP contribution in [0.15, 0.2) is 12.3 Å². The van der Waals surface area contributed by atoms with Crippen LogP contribution in [0.3, 0.4) is 0 Å². The first kappa shape index (κ1) is 11.4. The minimum atomic E-state index is -0.0885. The Labute approximate surface area is 106 Å². The maximum Gasteiger partial charge on any atom is 0.270 e. The van der Waals surface area contributed by atoms with Crippen LogP contribution >= 0.6 is 0 Å². The highest BCUT2D eigenvalue weighted by atomic mass is 16.2. The van der Waals surface area contributed by atoms with E-state index in [-0.39, 0.29) is 5.91 Å². The molecule has 0 spiro atoms. The van der Waals surface area contributed by atoms with Crippen molar-refractivity contribution in [3.05, 3.63) is 18.0 Å². The molecule has 2 N–H and O–H groups in total. The Morgan fingerprint density at radius 1 is 1.17 bits per heavy atom. The summed E-state index contributed by atoms with van der Waals surface area (Å²) in [6.07, 6.45) is 8.68. The highest BCUT2D eigenvalue weighted by molar-refractivity contribution is 5.92. The van der Waals surface area contributed by atoms with Crippen LogP contribution in [0.25, 0.3) is 0 Å². The predicted octanol–water partition coefficient (Wildman–Crippen LogP) is 1.72. The number of carbonyl (C=O) groups excluding carboxylic acids is 1. The molecule has 96 valence electrons. The monoisotopic (exact) mass is 246 g/mol. The summed E-state index contributed by atoms with van der Waals surface area (Å²) < 4.78 is 0. The van der Waals surface area contributed by atoms with Gasteiger partial charge in [0.15, 0.2) is 0 Å². The molecule has 0 aliphatic heterocycles. The first-order chi connectivity index (χ1) is 8.81. The largest absolute Gasteiger partial charge is 0.351 e. The number of hydrogen-bond donors (Lipinski definition) is 2. The average Bonchev–Trinajstić information content (AvgIpc) is 3.04. The average molecular weight is 246 g/mol. The zero-order chi connectivity index (χ0) is 12.4. The van der Waals surface area contributed by atoms with Crippen LogP contribution in [-0.4, -0.2) is 28.0 Å². The second kappa shape index (κ2) is 4.92. The summed E-state index contributed by atoms with van der Waals surface area (Å²) in [6, 6.07) is 2.49. The Morgan fingerprint density at radius 2 is 1.94 bits per heavy atom. The van der Waals surface area contributed by atoms with Crippen molar-refractivity contribution in [2.45, 2.75) is 50.6 Å². The molecule has 0 bridgehead atoms. The zero-order valence-electron chi connectivity index (χ0n) is 10.4. The summed E-state index contributed by atoms with van der Waals surface area (Å²) in [5.41, 5.74) is 0.456. The number of amides is 1. The van der Waals surface area contributed by atoms with Crippen LogP contribution in [0.5, 0.6) is 0 Å². The number of carbonyl (C=O) groups is 1. The van der Waals surface area contributed by atoms with Crippen molar-refractivity contribution >= 4 is 11.9 Å². The van der Waals surface area contributed by atoms with Crippen molar-refractivity contribution < 1.29 is 4.79 Å². The molecule has 2 aliphatic rings. The van der Waals surface area contributed by atoms with Crippen LogP contribution in [0.2, 0.25) is 0 Å². The number of rotatable bonds is 4. The second-order valence-electron chi connectivity index (χ2n) is 5.14. The minimum absolute atomic E-state index is 0.0885. The van der Waals surface area contributed by atoms with Gasteiger partial charge < -0.3 is 10.6 Å². The van der Waals surface area contributed by atoms with E-state index in [4.69, 9.17) is 0 Å². The van der Waals surface area contributed by atoms with Gasteiger partial charge in [-0.2, -0.15) is 0 Å².